The van der Waals surface area contributed by atoms with Gasteiger partial charge in [0.25, 0.3) is 0 Å². The van der Waals surface area contributed by atoms with Crippen molar-refractivity contribution in [2.24, 2.45) is 0 Å². The number of piperidine rings is 1. The third-order valence-corrected chi connectivity index (χ3v) is 8.86. The molecule has 242 valence electrons. The van der Waals surface area contributed by atoms with E-state index in [1.807, 2.05) is 71.3 Å². The Bertz CT molecular complexity index is 1710. The number of anilines is 1. The number of likely N-dealkylation sites (tertiary alicyclic amines) is 1. The summed E-state index contributed by atoms with van der Waals surface area (Å²) in [6.45, 7) is 2.35. The fourth-order valence-electron chi connectivity index (χ4n) is 6.50. The van der Waals surface area contributed by atoms with E-state index in [0.29, 0.717) is 18.7 Å². The van der Waals surface area contributed by atoms with Crippen molar-refractivity contribution in [2.75, 3.05) is 25.0 Å². The summed E-state index contributed by atoms with van der Waals surface area (Å²) >= 11 is 0. The molecule has 0 unspecified atom stereocenters. The summed E-state index contributed by atoms with van der Waals surface area (Å²) in [5.41, 5.74) is 4.91. The molecule has 0 spiro atoms. The zero-order valence-corrected chi connectivity index (χ0v) is 25.6. The fourth-order valence-corrected chi connectivity index (χ4v) is 6.50. The minimum Gasteiger partial charge on any atom is -0.481 e. The van der Waals surface area contributed by atoms with Crippen LogP contribution in [0.25, 0.3) is 11.0 Å². The second-order valence-electron chi connectivity index (χ2n) is 12.1. The first kappa shape index (κ1) is 31.7. The van der Waals surface area contributed by atoms with E-state index in [0.717, 1.165) is 53.7 Å². The van der Waals surface area contributed by atoms with Gasteiger partial charge in [-0.2, -0.15) is 0 Å². The topological polar surface area (TPSA) is 146 Å². The predicted octanol–water partition coefficient (Wildman–Crippen LogP) is 4.90. The predicted molar refractivity (Wildman–Crippen MR) is 172 cm³/mol. The molecular weight excluding hydrogens is 588 g/mol. The molecule has 0 aliphatic carbocycles. The van der Waals surface area contributed by atoms with E-state index in [4.69, 9.17) is 14.6 Å². The Kier molecular flexibility index (Phi) is 9.94. The van der Waals surface area contributed by atoms with Gasteiger partial charge in [0.2, 0.25) is 5.91 Å². The Morgan fingerprint density at radius 3 is 2.48 bits per heavy atom. The molecule has 11 heteroatoms. The maximum atomic E-state index is 12.8. The lowest BCUT2D eigenvalue weighted by atomic mass is 9.98. The summed E-state index contributed by atoms with van der Waals surface area (Å²) in [6, 6.07) is 23.1. The first-order valence-electron chi connectivity index (χ1n) is 15.9. The number of aliphatic carboxylic acids is 1. The molecule has 3 aromatic carbocycles. The Balaban J connectivity index is 1.14. The molecule has 0 saturated carbocycles. The molecule has 2 saturated heterocycles. The number of aromatic amines is 1. The van der Waals surface area contributed by atoms with Gasteiger partial charge in [-0.25, -0.2) is 4.79 Å². The van der Waals surface area contributed by atoms with Crippen molar-refractivity contribution >= 4 is 28.6 Å². The van der Waals surface area contributed by atoms with Crippen LogP contribution in [0.15, 0.2) is 77.6 Å². The quantitative estimate of drug-likeness (QED) is 0.184. The number of hydrogen-bond acceptors (Lipinski definition) is 7. The molecule has 3 atom stereocenters. The van der Waals surface area contributed by atoms with Gasteiger partial charge >= 0.3 is 11.7 Å². The lowest BCUT2D eigenvalue weighted by Gasteiger charge is -2.40. The highest BCUT2D eigenvalue weighted by Crippen LogP contribution is 2.39. The summed E-state index contributed by atoms with van der Waals surface area (Å²) in [7, 11) is 0. The number of amides is 1. The van der Waals surface area contributed by atoms with Gasteiger partial charge in [0.05, 0.1) is 29.8 Å². The first-order chi connectivity index (χ1) is 22.4. The maximum absolute atomic E-state index is 12.8. The Morgan fingerprint density at radius 1 is 0.935 bits per heavy atom. The SMILES string of the molecule is O=C(O)CCCC(=O)Nc1cccc([C@@H]2O[C@H](CN3CCC(n4c(=O)[nH]c5ccccc54)CC3)C[C@H](c3ccc(CO)cc3)O2)c1. The molecule has 0 radical (unpaired) electrons. The molecule has 4 aromatic rings. The number of imidazole rings is 1. The number of para-hydroxylation sites is 2. The molecule has 0 bridgehead atoms. The molecule has 1 aromatic heterocycles. The van der Waals surface area contributed by atoms with Crippen LogP contribution < -0.4 is 11.0 Å². The third kappa shape index (κ3) is 7.56. The van der Waals surface area contributed by atoms with E-state index < -0.39 is 12.3 Å². The van der Waals surface area contributed by atoms with E-state index >= 15 is 0 Å². The number of carboxylic acid groups (broad SMARTS) is 1. The summed E-state index contributed by atoms with van der Waals surface area (Å²) in [4.78, 5) is 41.4. The summed E-state index contributed by atoms with van der Waals surface area (Å²) in [5.74, 6) is -1.17. The fraction of sp³-hybridized carbons (Fsp3) is 0.400. The highest BCUT2D eigenvalue weighted by atomic mass is 16.7. The molecule has 11 nitrogen and oxygen atoms in total. The number of carbonyl (C=O) groups is 2. The normalized spacial score (nSPS) is 20.9. The zero-order valence-electron chi connectivity index (χ0n) is 25.6. The molecule has 6 rings (SSSR count). The van der Waals surface area contributed by atoms with Crippen LogP contribution in [0, 0.1) is 0 Å². The average Bonchev–Trinajstić information content (AvgIpc) is 3.40. The number of rotatable bonds is 11. The number of H-pyrrole nitrogens is 1. The summed E-state index contributed by atoms with van der Waals surface area (Å²) in [6.07, 6.45) is 1.64. The summed E-state index contributed by atoms with van der Waals surface area (Å²) < 4.78 is 15.0. The van der Waals surface area contributed by atoms with E-state index in [1.165, 1.54) is 0 Å². The molecule has 2 aliphatic rings. The Labute approximate surface area is 266 Å². The molecule has 46 heavy (non-hydrogen) atoms. The molecule has 2 aliphatic heterocycles. The van der Waals surface area contributed by atoms with Crippen molar-refractivity contribution in [1.29, 1.82) is 0 Å². The van der Waals surface area contributed by atoms with Gasteiger partial charge in [-0.1, -0.05) is 48.5 Å². The Hall–Kier alpha value is -4.29. The number of hydrogen-bond donors (Lipinski definition) is 4. The molecule has 3 heterocycles. The van der Waals surface area contributed by atoms with Crippen molar-refractivity contribution in [3.63, 3.8) is 0 Å². The first-order valence-corrected chi connectivity index (χ1v) is 15.9. The minimum absolute atomic E-state index is 0.0321. The van der Waals surface area contributed by atoms with Gasteiger partial charge in [0.15, 0.2) is 6.29 Å². The number of aromatic nitrogens is 2. The van der Waals surface area contributed by atoms with E-state index in [1.54, 1.807) is 6.07 Å². The van der Waals surface area contributed by atoms with Crippen molar-refractivity contribution in [3.05, 3.63) is 100.0 Å². The van der Waals surface area contributed by atoms with Gasteiger partial charge in [0, 0.05) is 56.2 Å². The number of nitrogens with zero attached hydrogens (tertiary/aromatic N) is 2. The van der Waals surface area contributed by atoms with Crippen molar-refractivity contribution < 1.29 is 29.3 Å². The van der Waals surface area contributed by atoms with Crippen LogP contribution in [0.5, 0.6) is 0 Å². The number of aliphatic hydroxyl groups excluding tert-OH is 1. The second kappa shape index (κ2) is 14.4. The monoisotopic (exact) mass is 628 g/mol. The van der Waals surface area contributed by atoms with Crippen LogP contribution >= 0.6 is 0 Å². The van der Waals surface area contributed by atoms with Gasteiger partial charge in [-0.3, -0.25) is 14.2 Å². The standard InChI is InChI=1S/C35H40N4O7/c40-22-23-11-13-24(14-12-23)31-20-28(21-38-17-15-27(16-18-38)39-30-8-2-1-7-29(30)37-35(39)44)45-34(46-31)25-5-3-6-26(19-25)36-32(41)9-4-10-33(42)43/h1-3,5-8,11-14,19,27-28,31,34,40H,4,9-10,15-18,20-22H2,(H,36,41)(H,37,44)(H,42,43)/t28-,31+,34+/m0/s1. The van der Waals surface area contributed by atoms with Crippen molar-refractivity contribution in [2.45, 2.75) is 69.7 Å². The van der Waals surface area contributed by atoms with Crippen LogP contribution in [0.2, 0.25) is 0 Å². The van der Waals surface area contributed by atoms with Gasteiger partial charge in [-0.05, 0) is 54.7 Å². The number of fused-ring (bicyclic) bond motifs is 1. The molecular formula is C35H40N4O7. The molecule has 1 amide bonds. The average molecular weight is 629 g/mol. The second-order valence-corrected chi connectivity index (χ2v) is 12.1. The number of ether oxygens (including phenoxy) is 2. The van der Waals surface area contributed by atoms with Gasteiger partial charge in [0.1, 0.15) is 0 Å². The van der Waals surface area contributed by atoms with E-state index in [2.05, 4.69) is 15.2 Å². The number of nitrogens with one attached hydrogen (secondary N) is 2. The maximum Gasteiger partial charge on any atom is 0.326 e. The van der Waals surface area contributed by atoms with Gasteiger partial charge in [-0.15, -0.1) is 0 Å². The number of aliphatic hydroxyl groups is 1. The lowest BCUT2D eigenvalue weighted by Crippen LogP contribution is -2.43. The van der Waals surface area contributed by atoms with Crippen LogP contribution in [0.3, 0.4) is 0 Å². The van der Waals surface area contributed by atoms with Crippen molar-refractivity contribution in [1.82, 2.24) is 14.5 Å². The molecule has 4 N–H and O–H groups in total. The van der Waals surface area contributed by atoms with E-state index in [-0.39, 0.29) is 55.7 Å². The van der Waals surface area contributed by atoms with Crippen molar-refractivity contribution in [3.8, 4) is 0 Å². The summed E-state index contributed by atoms with van der Waals surface area (Å²) in [5, 5.41) is 21.2. The number of carboxylic acids is 1. The van der Waals surface area contributed by atoms with Crippen LogP contribution in [-0.4, -0.2) is 62.3 Å². The highest BCUT2D eigenvalue weighted by Gasteiger charge is 2.34. The smallest absolute Gasteiger partial charge is 0.326 e. The third-order valence-electron chi connectivity index (χ3n) is 8.86. The number of benzene rings is 3. The number of carbonyl (C=O) groups excluding carboxylic acids is 1. The zero-order chi connectivity index (χ0) is 32.0. The van der Waals surface area contributed by atoms with Crippen LogP contribution in [0.4, 0.5) is 5.69 Å². The largest absolute Gasteiger partial charge is 0.481 e. The van der Waals surface area contributed by atoms with Crippen LogP contribution in [0.1, 0.15) is 73.7 Å². The Morgan fingerprint density at radius 2 is 1.72 bits per heavy atom. The highest BCUT2D eigenvalue weighted by molar-refractivity contribution is 5.91. The minimum atomic E-state index is -0.925. The lowest BCUT2D eigenvalue weighted by molar-refractivity contribution is -0.253. The molecule has 2 fully saturated rings. The van der Waals surface area contributed by atoms with Gasteiger partial charge < -0.3 is 34.9 Å². The van der Waals surface area contributed by atoms with Crippen LogP contribution in [-0.2, 0) is 25.7 Å². The van der Waals surface area contributed by atoms with E-state index in [9.17, 15) is 19.5 Å².